The van der Waals surface area contributed by atoms with E-state index < -0.39 is 0 Å². The number of aliphatic hydroxyl groups excluding tert-OH is 1. The van der Waals surface area contributed by atoms with Crippen LogP contribution in [-0.2, 0) is 6.54 Å². The second-order valence-corrected chi connectivity index (χ2v) is 4.37. The highest BCUT2D eigenvalue weighted by atomic mass is 16.3. The van der Waals surface area contributed by atoms with Crippen LogP contribution >= 0.6 is 0 Å². The number of aryl methyl sites for hydroxylation is 1. The molecule has 1 aromatic rings. The number of rotatable bonds is 3. The molecule has 0 aromatic carbocycles. The van der Waals surface area contributed by atoms with Gasteiger partial charge in [0.1, 0.15) is 5.76 Å². The van der Waals surface area contributed by atoms with Crippen LogP contribution < -0.4 is 5.32 Å². The number of aliphatic hydroxyl groups is 1. The molecule has 2 unspecified atom stereocenters. The monoisotopic (exact) mass is 209 g/mol. The van der Waals surface area contributed by atoms with Gasteiger partial charge in [-0.05, 0) is 31.4 Å². The van der Waals surface area contributed by atoms with Gasteiger partial charge in [0.25, 0.3) is 0 Å². The average molecular weight is 209 g/mol. The minimum atomic E-state index is -0.186. The van der Waals surface area contributed by atoms with Gasteiger partial charge in [-0.1, -0.05) is 12.8 Å². The molecule has 0 amide bonds. The van der Waals surface area contributed by atoms with E-state index in [4.69, 9.17) is 4.42 Å². The van der Waals surface area contributed by atoms with E-state index in [2.05, 4.69) is 5.32 Å². The largest absolute Gasteiger partial charge is 0.468 e. The van der Waals surface area contributed by atoms with E-state index in [9.17, 15) is 5.11 Å². The summed E-state index contributed by atoms with van der Waals surface area (Å²) in [4.78, 5) is 0. The molecule has 2 N–H and O–H groups in total. The summed E-state index contributed by atoms with van der Waals surface area (Å²) in [5.74, 6) is 0.979. The third-order valence-corrected chi connectivity index (χ3v) is 3.22. The topological polar surface area (TPSA) is 45.4 Å². The molecule has 1 aliphatic rings. The summed E-state index contributed by atoms with van der Waals surface area (Å²) in [7, 11) is 0. The van der Waals surface area contributed by atoms with Gasteiger partial charge in [-0.3, -0.25) is 0 Å². The highest BCUT2D eigenvalue weighted by Crippen LogP contribution is 2.19. The van der Waals surface area contributed by atoms with Crippen molar-refractivity contribution in [1.29, 1.82) is 0 Å². The number of hydrogen-bond donors (Lipinski definition) is 2. The fraction of sp³-hybridized carbons (Fsp3) is 0.667. The van der Waals surface area contributed by atoms with Gasteiger partial charge in [0, 0.05) is 6.04 Å². The van der Waals surface area contributed by atoms with Crippen LogP contribution in [0.25, 0.3) is 0 Å². The summed E-state index contributed by atoms with van der Waals surface area (Å²) >= 11 is 0. The predicted octanol–water partition coefficient (Wildman–Crippen LogP) is 1.98. The van der Waals surface area contributed by atoms with Crippen molar-refractivity contribution in [2.75, 3.05) is 0 Å². The second kappa shape index (κ2) is 4.81. The summed E-state index contributed by atoms with van der Waals surface area (Å²) in [6.07, 6.45) is 5.89. The summed E-state index contributed by atoms with van der Waals surface area (Å²) < 4.78 is 5.35. The molecule has 1 aromatic heterocycles. The van der Waals surface area contributed by atoms with Crippen LogP contribution in [0.15, 0.2) is 16.7 Å². The molecule has 3 nitrogen and oxygen atoms in total. The fourth-order valence-electron chi connectivity index (χ4n) is 2.16. The zero-order valence-electron chi connectivity index (χ0n) is 9.20. The van der Waals surface area contributed by atoms with Crippen LogP contribution in [0.2, 0.25) is 0 Å². The first-order valence-corrected chi connectivity index (χ1v) is 5.72. The van der Waals surface area contributed by atoms with Gasteiger partial charge in [-0.15, -0.1) is 0 Å². The first-order chi connectivity index (χ1) is 7.27. The Kier molecular flexibility index (Phi) is 3.44. The molecule has 0 aliphatic heterocycles. The zero-order chi connectivity index (χ0) is 10.7. The first-order valence-electron chi connectivity index (χ1n) is 5.72. The van der Waals surface area contributed by atoms with Crippen molar-refractivity contribution in [2.45, 2.75) is 51.3 Å². The van der Waals surface area contributed by atoms with Gasteiger partial charge < -0.3 is 14.8 Å². The quantitative estimate of drug-likeness (QED) is 0.800. The molecular weight excluding hydrogens is 190 g/mol. The van der Waals surface area contributed by atoms with E-state index in [1.807, 2.05) is 13.0 Å². The summed E-state index contributed by atoms with van der Waals surface area (Å²) in [6.45, 7) is 2.76. The van der Waals surface area contributed by atoms with Gasteiger partial charge >= 0.3 is 0 Å². The van der Waals surface area contributed by atoms with Gasteiger partial charge in [-0.25, -0.2) is 0 Å². The molecule has 15 heavy (non-hydrogen) atoms. The lowest BCUT2D eigenvalue weighted by atomic mass is 9.92. The van der Waals surface area contributed by atoms with Crippen molar-refractivity contribution in [3.8, 4) is 0 Å². The Morgan fingerprint density at radius 3 is 2.93 bits per heavy atom. The lowest BCUT2D eigenvalue weighted by molar-refractivity contribution is 0.0893. The number of nitrogens with one attached hydrogen (secondary N) is 1. The van der Waals surface area contributed by atoms with Crippen LogP contribution in [0, 0.1) is 6.92 Å². The summed E-state index contributed by atoms with van der Waals surface area (Å²) in [5.41, 5.74) is 1.17. The van der Waals surface area contributed by atoms with Crippen molar-refractivity contribution in [1.82, 2.24) is 5.32 Å². The van der Waals surface area contributed by atoms with Crippen LogP contribution in [0.3, 0.4) is 0 Å². The minimum Gasteiger partial charge on any atom is -0.468 e. The number of furan rings is 1. The highest BCUT2D eigenvalue weighted by molar-refractivity contribution is 5.14. The Hall–Kier alpha value is -0.800. The third-order valence-electron chi connectivity index (χ3n) is 3.22. The van der Waals surface area contributed by atoms with Gasteiger partial charge in [0.2, 0.25) is 0 Å². The van der Waals surface area contributed by atoms with Gasteiger partial charge in [0.05, 0.1) is 18.9 Å². The van der Waals surface area contributed by atoms with Crippen molar-refractivity contribution in [3.63, 3.8) is 0 Å². The highest BCUT2D eigenvalue weighted by Gasteiger charge is 2.22. The predicted molar refractivity (Wildman–Crippen MR) is 58.5 cm³/mol. The summed E-state index contributed by atoms with van der Waals surface area (Å²) in [5, 5.41) is 13.1. The van der Waals surface area contributed by atoms with Crippen molar-refractivity contribution in [2.24, 2.45) is 0 Å². The molecule has 2 rings (SSSR count). The third kappa shape index (κ3) is 2.61. The van der Waals surface area contributed by atoms with Crippen molar-refractivity contribution >= 4 is 0 Å². The molecule has 0 saturated heterocycles. The van der Waals surface area contributed by atoms with Crippen molar-refractivity contribution < 1.29 is 9.52 Å². The maximum Gasteiger partial charge on any atom is 0.120 e. The van der Waals surface area contributed by atoms with E-state index in [-0.39, 0.29) is 12.1 Å². The van der Waals surface area contributed by atoms with Gasteiger partial charge in [-0.2, -0.15) is 0 Å². The Morgan fingerprint density at radius 1 is 1.47 bits per heavy atom. The lowest BCUT2D eigenvalue weighted by Gasteiger charge is -2.28. The molecule has 84 valence electrons. The first kappa shape index (κ1) is 10.7. The minimum absolute atomic E-state index is 0.186. The zero-order valence-corrected chi connectivity index (χ0v) is 9.20. The van der Waals surface area contributed by atoms with E-state index in [0.717, 1.165) is 31.6 Å². The number of hydrogen-bond acceptors (Lipinski definition) is 3. The average Bonchev–Trinajstić information content (AvgIpc) is 2.63. The van der Waals surface area contributed by atoms with Crippen LogP contribution in [0.1, 0.15) is 37.0 Å². The van der Waals surface area contributed by atoms with E-state index in [0.29, 0.717) is 0 Å². The molecule has 1 saturated carbocycles. The molecular formula is C12H19NO2. The second-order valence-electron chi connectivity index (χ2n) is 4.37. The molecule has 1 heterocycles. The maximum absolute atomic E-state index is 9.77. The molecule has 2 atom stereocenters. The van der Waals surface area contributed by atoms with Gasteiger partial charge in [0.15, 0.2) is 0 Å². The Morgan fingerprint density at radius 2 is 2.27 bits per heavy atom. The van der Waals surface area contributed by atoms with Crippen LogP contribution in [-0.4, -0.2) is 17.3 Å². The van der Waals surface area contributed by atoms with Crippen molar-refractivity contribution in [3.05, 3.63) is 23.7 Å². The van der Waals surface area contributed by atoms with E-state index >= 15 is 0 Å². The molecule has 1 aliphatic carbocycles. The van der Waals surface area contributed by atoms with Crippen LogP contribution in [0.4, 0.5) is 0 Å². The van der Waals surface area contributed by atoms with E-state index in [1.54, 1.807) is 6.26 Å². The fourth-order valence-corrected chi connectivity index (χ4v) is 2.16. The molecule has 0 radical (unpaired) electrons. The smallest absolute Gasteiger partial charge is 0.120 e. The maximum atomic E-state index is 9.77. The summed E-state index contributed by atoms with van der Waals surface area (Å²) in [6, 6.07) is 2.21. The van der Waals surface area contributed by atoms with Crippen LogP contribution in [0.5, 0.6) is 0 Å². The Bertz CT molecular complexity index is 308. The molecule has 0 spiro atoms. The molecule has 3 heteroatoms. The van der Waals surface area contributed by atoms with E-state index in [1.165, 1.54) is 12.0 Å². The standard InChI is InChI=1S/C12H19NO2/c1-9-6-7-15-12(9)8-13-10-4-2-3-5-11(10)14/h6-7,10-11,13-14H,2-5,8H2,1H3. The molecule has 1 fully saturated rings. The normalized spacial score (nSPS) is 26.8. The lowest BCUT2D eigenvalue weighted by Crippen LogP contribution is -2.41. The SMILES string of the molecule is Cc1ccoc1CNC1CCCCC1O. The Labute approximate surface area is 90.5 Å². The molecule has 0 bridgehead atoms. The Balaban J connectivity index is 1.84.